The fourth-order valence-corrected chi connectivity index (χ4v) is 3.37. The van der Waals surface area contributed by atoms with Crippen LogP contribution in [0.1, 0.15) is 39.5 Å². The van der Waals surface area contributed by atoms with Gasteiger partial charge in [0.25, 0.3) is 0 Å². The smallest absolute Gasteiger partial charge is 0.326 e. The Balaban J connectivity index is 5.51. The lowest BCUT2D eigenvalue weighted by atomic mass is 10.0. The number of primary amides is 1. The summed E-state index contributed by atoms with van der Waals surface area (Å²) >= 11 is 1.52. The van der Waals surface area contributed by atoms with E-state index in [1.165, 1.54) is 11.8 Å². The minimum Gasteiger partial charge on any atom is -0.480 e. The summed E-state index contributed by atoms with van der Waals surface area (Å²) in [6.45, 7) is 3.49. The van der Waals surface area contributed by atoms with Gasteiger partial charge in [-0.15, -0.1) is 0 Å². The summed E-state index contributed by atoms with van der Waals surface area (Å²) in [7, 11) is 0. The minimum atomic E-state index is -1.55. The molecule has 0 rings (SSSR count). The van der Waals surface area contributed by atoms with E-state index < -0.39 is 66.1 Å². The molecule has 0 heterocycles. The zero-order chi connectivity index (χ0) is 27.1. The third kappa shape index (κ3) is 13.4. The predicted molar refractivity (Wildman–Crippen MR) is 133 cm³/mol. The van der Waals surface area contributed by atoms with E-state index in [9.17, 15) is 29.1 Å². The zero-order valence-corrected chi connectivity index (χ0v) is 21.1. The third-order valence-electron chi connectivity index (χ3n) is 4.81. The van der Waals surface area contributed by atoms with Gasteiger partial charge in [-0.3, -0.25) is 24.2 Å². The number of carboxylic acids is 1. The summed E-state index contributed by atoms with van der Waals surface area (Å²) in [4.78, 5) is 64.6. The van der Waals surface area contributed by atoms with Crippen molar-refractivity contribution in [3.63, 3.8) is 0 Å². The standard InChI is InChI=1S/C20H38N8O6S/c1-10(2)15(18(32)27-13(19(33)34)9-14(22)29)28-17(31)12(5-4-7-25-20(23)24)26-16(30)11(21)6-8-35-3/h10-13,15H,4-9,21H2,1-3H3,(H2,22,29)(H,26,30)(H,27,32)(H,28,31)(H,33,34)(H4,23,24,25). The number of guanidine groups is 1. The van der Waals surface area contributed by atoms with Gasteiger partial charge in [0.2, 0.25) is 23.6 Å². The normalized spacial score (nSPS) is 14.2. The molecule has 35 heavy (non-hydrogen) atoms. The van der Waals surface area contributed by atoms with Crippen LogP contribution in [0, 0.1) is 5.92 Å². The maximum absolute atomic E-state index is 13.0. The Morgan fingerprint density at radius 2 is 1.51 bits per heavy atom. The monoisotopic (exact) mass is 518 g/mol. The maximum atomic E-state index is 13.0. The van der Waals surface area contributed by atoms with Crippen molar-refractivity contribution in [3.05, 3.63) is 0 Å². The molecular formula is C20H38N8O6S. The van der Waals surface area contributed by atoms with Crippen LogP contribution in [0.15, 0.2) is 4.99 Å². The molecule has 12 N–H and O–H groups in total. The van der Waals surface area contributed by atoms with Crippen LogP contribution in [0.5, 0.6) is 0 Å². The first-order valence-corrected chi connectivity index (χ1v) is 12.4. The first-order valence-electron chi connectivity index (χ1n) is 11.0. The van der Waals surface area contributed by atoms with E-state index in [0.29, 0.717) is 18.6 Å². The molecule has 0 aromatic carbocycles. The van der Waals surface area contributed by atoms with E-state index in [0.717, 1.165) is 0 Å². The molecule has 0 aromatic heterocycles. The van der Waals surface area contributed by atoms with Crippen molar-refractivity contribution in [2.75, 3.05) is 18.6 Å². The van der Waals surface area contributed by atoms with Gasteiger partial charge >= 0.3 is 5.97 Å². The lowest BCUT2D eigenvalue weighted by Gasteiger charge is -2.27. The first kappa shape index (κ1) is 31.9. The summed E-state index contributed by atoms with van der Waals surface area (Å²) in [5.74, 6) is -4.29. The molecular weight excluding hydrogens is 480 g/mol. The topological polar surface area (TPSA) is 258 Å². The number of amides is 4. The number of aliphatic imine (C=N–C) groups is 1. The molecule has 14 nitrogen and oxygen atoms in total. The summed E-state index contributed by atoms with van der Waals surface area (Å²) in [5, 5.41) is 16.6. The Kier molecular flexibility index (Phi) is 15.1. The van der Waals surface area contributed by atoms with Crippen molar-refractivity contribution in [2.24, 2.45) is 33.8 Å². The van der Waals surface area contributed by atoms with Gasteiger partial charge in [-0.2, -0.15) is 11.8 Å². The second kappa shape index (κ2) is 16.5. The van der Waals surface area contributed by atoms with Crippen LogP contribution in [-0.2, 0) is 24.0 Å². The zero-order valence-electron chi connectivity index (χ0n) is 20.3. The van der Waals surface area contributed by atoms with Crippen LogP contribution in [0.2, 0.25) is 0 Å². The number of rotatable bonds is 17. The number of carbonyl (C=O) groups is 5. The summed E-state index contributed by atoms with van der Waals surface area (Å²) in [6.07, 6.45) is 2.16. The molecule has 0 fully saturated rings. The van der Waals surface area contributed by atoms with Gasteiger partial charge < -0.3 is 44.0 Å². The number of carbonyl (C=O) groups excluding carboxylic acids is 4. The molecule has 15 heteroatoms. The van der Waals surface area contributed by atoms with Crippen molar-refractivity contribution in [1.82, 2.24) is 16.0 Å². The molecule has 4 unspecified atom stereocenters. The number of nitrogens with one attached hydrogen (secondary N) is 3. The van der Waals surface area contributed by atoms with Gasteiger partial charge in [-0.1, -0.05) is 13.8 Å². The van der Waals surface area contributed by atoms with Crippen molar-refractivity contribution in [3.8, 4) is 0 Å². The van der Waals surface area contributed by atoms with E-state index in [1.807, 2.05) is 6.26 Å². The van der Waals surface area contributed by atoms with Crippen LogP contribution in [0.4, 0.5) is 0 Å². The minimum absolute atomic E-state index is 0.116. The third-order valence-corrected chi connectivity index (χ3v) is 5.46. The first-order chi connectivity index (χ1) is 16.3. The van der Waals surface area contributed by atoms with Gasteiger partial charge in [-0.05, 0) is 37.2 Å². The summed E-state index contributed by atoms with van der Waals surface area (Å²) in [5.41, 5.74) is 21.5. The lowest BCUT2D eigenvalue weighted by molar-refractivity contribution is -0.144. The number of hydrogen-bond acceptors (Lipinski definition) is 8. The number of nitrogens with two attached hydrogens (primary N) is 4. The number of thioether (sulfide) groups is 1. The highest BCUT2D eigenvalue weighted by Gasteiger charge is 2.32. The van der Waals surface area contributed by atoms with Gasteiger partial charge in [0, 0.05) is 6.54 Å². The predicted octanol–water partition coefficient (Wildman–Crippen LogP) is -2.81. The molecule has 0 radical (unpaired) electrons. The average Bonchev–Trinajstić information content (AvgIpc) is 2.75. The Hall–Kier alpha value is -3.07. The highest BCUT2D eigenvalue weighted by atomic mass is 32.2. The van der Waals surface area contributed by atoms with Crippen LogP contribution in [-0.4, -0.2) is 83.4 Å². The molecule has 0 bridgehead atoms. The molecule has 0 spiro atoms. The van der Waals surface area contributed by atoms with Crippen molar-refractivity contribution < 1.29 is 29.1 Å². The molecule has 4 atom stereocenters. The van der Waals surface area contributed by atoms with Crippen molar-refractivity contribution in [2.45, 2.75) is 63.7 Å². The second-order valence-electron chi connectivity index (χ2n) is 8.20. The lowest BCUT2D eigenvalue weighted by Crippen LogP contribution is -2.58. The largest absolute Gasteiger partial charge is 0.480 e. The van der Waals surface area contributed by atoms with Crippen molar-refractivity contribution in [1.29, 1.82) is 0 Å². The number of nitrogens with zero attached hydrogens (tertiary/aromatic N) is 1. The fourth-order valence-electron chi connectivity index (χ4n) is 2.88. The molecule has 0 aliphatic carbocycles. The number of aliphatic carboxylic acids is 1. The van der Waals surface area contributed by atoms with Gasteiger partial charge in [-0.25, -0.2) is 4.79 Å². The number of hydrogen-bond donors (Lipinski definition) is 8. The van der Waals surface area contributed by atoms with Gasteiger partial charge in [0.05, 0.1) is 12.5 Å². The van der Waals surface area contributed by atoms with Crippen molar-refractivity contribution >= 4 is 47.3 Å². The van der Waals surface area contributed by atoms with Crippen LogP contribution >= 0.6 is 11.8 Å². The fraction of sp³-hybridized carbons (Fsp3) is 0.700. The Morgan fingerprint density at radius 1 is 0.914 bits per heavy atom. The molecule has 200 valence electrons. The molecule has 0 saturated heterocycles. The van der Waals surface area contributed by atoms with Gasteiger partial charge in [0.1, 0.15) is 18.1 Å². The Bertz CT molecular complexity index is 775. The van der Waals surface area contributed by atoms with Crippen LogP contribution in [0.3, 0.4) is 0 Å². The number of carboxylic acid groups (broad SMARTS) is 1. The molecule has 0 aliphatic heterocycles. The quantitative estimate of drug-likeness (QED) is 0.0556. The second-order valence-corrected chi connectivity index (χ2v) is 9.18. The van der Waals surface area contributed by atoms with E-state index in [1.54, 1.807) is 13.8 Å². The Labute approximate surface area is 208 Å². The van der Waals surface area contributed by atoms with Gasteiger partial charge in [0.15, 0.2) is 5.96 Å². The molecule has 0 aliphatic rings. The molecule has 4 amide bonds. The van der Waals surface area contributed by atoms with Crippen LogP contribution in [0.25, 0.3) is 0 Å². The summed E-state index contributed by atoms with van der Waals surface area (Å²) in [6, 6.07) is -4.58. The highest BCUT2D eigenvalue weighted by molar-refractivity contribution is 7.98. The van der Waals surface area contributed by atoms with Crippen LogP contribution < -0.4 is 38.9 Å². The van der Waals surface area contributed by atoms with E-state index >= 15 is 0 Å². The Morgan fingerprint density at radius 3 is 2.00 bits per heavy atom. The maximum Gasteiger partial charge on any atom is 0.326 e. The average molecular weight is 519 g/mol. The van der Waals surface area contributed by atoms with E-state index in [2.05, 4.69) is 20.9 Å². The molecule has 0 aromatic rings. The summed E-state index contributed by atoms with van der Waals surface area (Å²) < 4.78 is 0. The van der Waals surface area contributed by atoms with E-state index in [-0.39, 0.29) is 18.9 Å². The SMILES string of the molecule is CSCCC(N)C(=O)NC(CCCN=C(N)N)C(=O)NC(C(=O)NC(CC(N)=O)C(=O)O)C(C)C. The molecule has 0 saturated carbocycles. The van der Waals surface area contributed by atoms with E-state index in [4.69, 9.17) is 22.9 Å². The highest BCUT2D eigenvalue weighted by Crippen LogP contribution is 2.07.